The first kappa shape index (κ1) is 26.1. The van der Waals surface area contributed by atoms with Crippen LogP contribution >= 0.6 is 11.6 Å². The van der Waals surface area contributed by atoms with Gasteiger partial charge in [-0.05, 0) is 48.9 Å². The van der Waals surface area contributed by atoms with E-state index in [0.29, 0.717) is 41.4 Å². The minimum absolute atomic E-state index is 0.00151. The maximum atomic E-state index is 13.1. The highest BCUT2D eigenvalue weighted by atomic mass is 35.5. The maximum absolute atomic E-state index is 13.1. The summed E-state index contributed by atoms with van der Waals surface area (Å²) in [5, 5.41) is 7.92. The predicted molar refractivity (Wildman–Crippen MR) is 115 cm³/mol. The number of halogens is 7. The third-order valence-electron chi connectivity index (χ3n) is 4.76. The van der Waals surface area contributed by atoms with Crippen LogP contribution in [0.2, 0.25) is 5.02 Å². The molecule has 0 saturated heterocycles. The number of nitrogens with two attached hydrogens (primary N) is 1. The molecule has 0 radical (unpaired) electrons. The summed E-state index contributed by atoms with van der Waals surface area (Å²) in [4.78, 5) is 17.3. The van der Waals surface area contributed by atoms with Gasteiger partial charge in [-0.1, -0.05) is 30.1 Å². The van der Waals surface area contributed by atoms with Crippen LogP contribution in [0, 0.1) is 0 Å². The molecule has 0 saturated carbocycles. The molecule has 186 valence electrons. The van der Waals surface area contributed by atoms with Crippen molar-refractivity contribution in [2.24, 2.45) is 10.9 Å². The average molecular weight is 519 g/mol. The molecule has 3 rings (SSSR count). The van der Waals surface area contributed by atoms with Gasteiger partial charge in [0.05, 0.1) is 28.7 Å². The van der Waals surface area contributed by atoms with Crippen LogP contribution in [0.5, 0.6) is 0 Å². The molecule has 6 nitrogen and oxygen atoms in total. The summed E-state index contributed by atoms with van der Waals surface area (Å²) in [7, 11) is 0. The van der Waals surface area contributed by atoms with E-state index in [4.69, 9.17) is 22.2 Å². The molecule has 2 N–H and O–H groups in total. The minimum atomic E-state index is -5.07. The first-order chi connectivity index (χ1) is 16.3. The van der Waals surface area contributed by atoms with Crippen molar-refractivity contribution in [3.8, 4) is 5.69 Å². The maximum Gasteiger partial charge on any atom is 0.416 e. The van der Waals surface area contributed by atoms with E-state index in [1.54, 1.807) is 24.3 Å². The van der Waals surface area contributed by atoms with Gasteiger partial charge < -0.3 is 10.6 Å². The highest BCUT2D eigenvalue weighted by Gasteiger charge is 2.37. The second kappa shape index (κ2) is 9.98. The lowest BCUT2D eigenvalue weighted by Crippen LogP contribution is -2.19. The number of amidine groups is 1. The largest absolute Gasteiger partial charge is 0.416 e. The Morgan fingerprint density at radius 2 is 1.63 bits per heavy atom. The Hall–Kier alpha value is -3.54. The van der Waals surface area contributed by atoms with Crippen molar-refractivity contribution in [2.45, 2.75) is 32.1 Å². The van der Waals surface area contributed by atoms with Crippen LogP contribution in [0.1, 0.15) is 46.1 Å². The Balaban J connectivity index is 1.92. The van der Waals surface area contributed by atoms with Gasteiger partial charge >= 0.3 is 18.3 Å². The molecule has 0 aliphatic rings. The molecule has 0 unspecified atom stereocenters. The fourth-order valence-electron chi connectivity index (χ4n) is 3.12. The Morgan fingerprint density at radius 3 is 2.14 bits per heavy atom. The summed E-state index contributed by atoms with van der Waals surface area (Å²) in [6.07, 6.45) is -7.92. The van der Waals surface area contributed by atoms with Gasteiger partial charge in [0.15, 0.2) is 5.84 Å². The summed E-state index contributed by atoms with van der Waals surface area (Å²) in [6, 6.07) is 7.30. The third kappa shape index (κ3) is 6.13. The molecule has 0 spiro atoms. The zero-order valence-corrected chi connectivity index (χ0v) is 18.7. The van der Waals surface area contributed by atoms with Gasteiger partial charge in [-0.3, -0.25) is 0 Å². The molecule has 2 aromatic carbocycles. The van der Waals surface area contributed by atoms with Gasteiger partial charge in [0.25, 0.3) is 0 Å². The second-order valence-electron chi connectivity index (χ2n) is 7.29. The summed E-state index contributed by atoms with van der Waals surface area (Å²) >= 11 is 5.89. The van der Waals surface area contributed by atoms with Gasteiger partial charge in [-0.25, -0.2) is 9.48 Å². The molecule has 1 aromatic heterocycles. The molecule has 3 aromatic rings. The molecule has 0 atom stereocenters. The number of aromatic nitrogens is 2. The van der Waals surface area contributed by atoms with Crippen molar-refractivity contribution in [2.75, 3.05) is 0 Å². The number of hydrogen-bond donors (Lipinski definition) is 1. The standard InChI is InChI=1S/C22H17ClF6N4O2/c1-2-3-18-17(11-31-33(18)16-6-4-15(23)5-7-16)20(34)35-32-19(30)12-8-13(21(24,25)26)10-14(9-12)22(27,28)29/h4-11H,2-3H2,1H3,(H2,30,32). The lowest BCUT2D eigenvalue weighted by molar-refractivity contribution is -0.143. The smallest absolute Gasteiger partial charge is 0.380 e. The summed E-state index contributed by atoms with van der Waals surface area (Å²) in [5.74, 6) is -1.89. The minimum Gasteiger partial charge on any atom is -0.380 e. The molecule has 0 aliphatic carbocycles. The van der Waals surface area contributed by atoms with Crippen LogP contribution in [0.4, 0.5) is 26.3 Å². The van der Waals surface area contributed by atoms with E-state index in [2.05, 4.69) is 10.3 Å². The normalized spacial score (nSPS) is 12.6. The zero-order chi connectivity index (χ0) is 26.0. The average Bonchev–Trinajstić information content (AvgIpc) is 3.20. The van der Waals surface area contributed by atoms with Crippen molar-refractivity contribution in [3.05, 3.63) is 81.6 Å². The van der Waals surface area contributed by atoms with Crippen molar-refractivity contribution in [3.63, 3.8) is 0 Å². The SMILES string of the molecule is CCCc1c(C(=O)ON=C(N)c2cc(C(F)(F)F)cc(C(F)(F)F)c2)cnn1-c1ccc(Cl)cc1. The molecular weight excluding hydrogens is 502 g/mol. The predicted octanol–water partition coefficient (Wildman–Crippen LogP) is 5.99. The van der Waals surface area contributed by atoms with Crippen molar-refractivity contribution in [1.82, 2.24) is 9.78 Å². The van der Waals surface area contributed by atoms with E-state index >= 15 is 0 Å². The lowest BCUT2D eigenvalue weighted by atomic mass is 10.0. The number of carbonyl (C=O) groups is 1. The summed E-state index contributed by atoms with van der Waals surface area (Å²) in [6.45, 7) is 1.86. The zero-order valence-electron chi connectivity index (χ0n) is 17.9. The van der Waals surface area contributed by atoms with Gasteiger partial charge in [0, 0.05) is 10.6 Å². The molecule has 0 amide bonds. The molecule has 0 fully saturated rings. The van der Waals surface area contributed by atoms with E-state index < -0.39 is 40.8 Å². The van der Waals surface area contributed by atoms with Crippen LogP contribution in [0.25, 0.3) is 5.69 Å². The molecular formula is C22H17ClF6N4O2. The number of oxime groups is 1. The number of carbonyl (C=O) groups excluding carboxylic acids is 1. The van der Waals surface area contributed by atoms with Gasteiger partial charge in [0.1, 0.15) is 5.56 Å². The van der Waals surface area contributed by atoms with Gasteiger partial charge in [-0.15, -0.1) is 0 Å². The van der Waals surface area contributed by atoms with E-state index in [1.165, 1.54) is 10.9 Å². The molecule has 0 bridgehead atoms. The number of alkyl halides is 6. The fraction of sp³-hybridized carbons (Fsp3) is 0.227. The Kier molecular flexibility index (Phi) is 7.44. The van der Waals surface area contributed by atoms with E-state index in [-0.39, 0.29) is 11.6 Å². The van der Waals surface area contributed by atoms with Crippen LogP contribution in [0.3, 0.4) is 0 Å². The first-order valence-corrected chi connectivity index (χ1v) is 10.4. The number of hydrogen-bond acceptors (Lipinski definition) is 4. The number of rotatable bonds is 6. The van der Waals surface area contributed by atoms with Gasteiger partial charge in [-0.2, -0.15) is 31.4 Å². The Bertz CT molecular complexity index is 1220. The molecule has 35 heavy (non-hydrogen) atoms. The van der Waals surface area contributed by atoms with Crippen molar-refractivity contribution >= 4 is 23.4 Å². The van der Waals surface area contributed by atoms with Crippen LogP contribution < -0.4 is 5.73 Å². The number of nitrogens with zero attached hydrogens (tertiary/aromatic N) is 3. The fourth-order valence-corrected chi connectivity index (χ4v) is 3.25. The lowest BCUT2D eigenvalue weighted by Gasteiger charge is -2.13. The topological polar surface area (TPSA) is 82.5 Å². The summed E-state index contributed by atoms with van der Waals surface area (Å²) in [5.41, 5.74) is 2.73. The van der Waals surface area contributed by atoms with E-state index in [0.717, 1.165) is 0 Å². The van der Waals surface area contributed by atoms with Crippen LogP contribution in [-0.4, -0.2) is 21.6 Å². The van der Waals surface area contributed by atoms with E-state index in [9.17, 15) is 31.1 Å². The highest BCUT2D eigenvalue weighted by Crippen LogP contribution is 2.36. The highest BCUT2D eigenvalue weighted by molar-refractivity contribution is 6.30. The van der Waals surface area contributed by atoms with Crippen molar-refractivity contribution < 1.29 is 36.0 Å². The van der Waals surface area contributed by atoms with Gasteiger partial charge in [0.2, 0.25) is 0 Å². The van der Waals surface area contributed by atoms with E-state index in [1.807, 2.05) is 6.92 Å². The van der Waals surface area contributed by atoms with Crippen molar-refractivity contribution in [1.29, 1.82) is 0 Å². The molecule has 0 aliphatic heterocycles. The Labute approximate surface area is 199 Å². The van der Waals surface area contributed by atoms with Crippen LogP contribution in [-0.2, 0) is 23.6 Å². The second-order valence-corrected chi connectivity index (χ2v) is 7.73. The number of benzene rings is 2. The first-order valence-electron chi connectivity index (χ1n) is 9.98. The monoisotopic (exact) mass is 518 g/mol. The summed E-state index contributed by atoms with van der Waals surface area (Å²) < 4.78 is 79.9. The molecule has 13 heteroatoms. The van der Waals surface area contributed by atoms with Crippen LogP contribution in [0.15, 0.2) is 53.8 Å². The Morgan fingerprint density at radius 1 is 1.06 bits per heavy atom. The quantitative estimate of drug-likeness (QED) is 0.143. The third-order valence-corrected chi connectivity index (χ3v) is 5.01. The molecule has 1 heterocycles.